The minimum Gasteiger partial charge on any atom is -0.369 e. The Kier molecular flexibility index (Phi) is 1.73. The third kappa shape index (κ3) is 1.08. The number of morpholine rings is 1. The molecule has 2 aliphatic heterocycles. The molecule has 3 heteroatoms. The van der Waals surface area contributed by atoms with Gasteiger partial charge >= 0.3 is 0 Å². The molecule has 12 heavy (non-hydrogen) atoms. The molecule has 0 unspecified atom stereocenters. The molecular formula is C9H16NO2+. The summed E-state index contributed by atoms with van der Waals surface area (Å²) in [5.41, 5.74) is 0. The molecule has 2 bridgehead atoms. The van der Waals surface area contributed by atoms with Crippen LogP contribution < -0.4 is 0 Å². The Hall–Kier alpha value is -0.410. The van der Waals surface area contributed by atoms with Crippen LogP contribution in [0.4, 0.5) is 0 Å². The number of rotatable bonds is 0. The second-order valence-electron chi connectivity index (χ2n) is 4.42. The van der Waals surface area contributed by atoms with E-state index < -0.39 is 0 Å². The van der Waals surface area contributed by atoms with E-state index in [9.17, 15) is 4.79 Å². The Balaban J connectivity index is 2.23. The number of piperidine rings is 1. The van der Waals surface area contributed by atoms with E-state index in [2.05, 4.69) is 14.1 Å². The molecule has 0 amide bonds. The van der Waals surface area contributed by atoms with Crippen LogP contribution in [0.2, 0.25) is 0 Å². The first-order chi connectivity index (χ1) is 5.60. The lowest BCUT2D eigenvalue weighted by atomic mass is 9.91. The lowest BCUT2D eigenvalue weighted by Crippen LogP contribution is -2.66. The second kappa shape index (κ2) is 2.54. The van der Waals surface area contributed by atoms with Crippen molar-refractivity contribution in [2.24, 2.45) is 0 Å². The zero-order valence-corrected chi connectivity index (χ0v) is 7.75. The predicted octanol–water partition coefficient (Wildman–Crippen LogP) is 0.193. The maximum Gasteiger partial charge on any atom is 0.144 e. The van der Waals surface area contributed by atoms with Crippen LogP contribution in [0.25, 0.3) is 0 Å². The molecule has 68 valence electrons. The zero-order valence-electron chi connectivity index (χ0n) is 7.75. The third-order valence-corrected chi connectivity index (χ3v) is 3.43. The highest BCUT2D eigenvalue weighted by Gasteiger charge is 2.46. The van der Waals surface area contributed by atoms with E-state index in [4.69, 9.17) is 4.74 Å². The van der Waals surface area contributed by atoms with E-state index in [0.29, 0.717) is 30.7 Å². The molecule has 2 atom stereocenters. The molecule has 2 fully saturated rings. The Labute approximate surface area is 72.9 Å². The molecule has 0 aliphatic carbocycles. The largest absolute Gasteiger partial charge is 0.369 e. The Morgan fingerprint density at radius 1 is 1.25 bits per heavy atom. The summed E-state index contributed by atoms with van der Waals surface area (Å²) in [6.45, 7) is 1.52. The van der Waals surface area contributed by atoms with Gasteiger partial charge in [0.1, 0.15) is 17.9 Å². The van der Waals surface area contributed by atoms with Gasteiger partial charge in [-0.15, -0.1) is 0 Å². The number of carbonyl (C=O) groups excluding carboxylic acids is 1. The normalized spacial score (nSPS) is 39.7. The summed E-state index contributed by atoms with van der Waals surface area (Å²) >= 11 is 0. The summed E-state index contributed by atoms with van der Waals surface area (Å²) < 4.78 is 6.43. The number of hydrogen-bond donors (Lipinski definition) is 0. The highest BCUT2D eigenvalue weighted by atomic mass is 16.5. The average Bonchev–Trinajstić information content (AvgIpc) is 1.92. The molecule has 0 N–H and O–H groups in total. The van der Waals surface area contributed by atoms with Crippen molar-refractivity contribution in [1.29, 1.82) is 0 Å². The van der Waals surface area contributed by atoms with Crippen LogP contribution in [-0.4, -0.2) is 49.7 Å². The highest BCUT2D eigenvalue weighted by Crippen LogP contribution is 2.29. The molecule has 2 rings (SSSR count). The molecule has 0 saturated carbocycles. The van der Waals surface area contributed by atoms with Gasteiger partial charge in [0, 0.05) is 0 Å². The molecule has 3 nitrogen and oxygen atoms in total. The quantitative estimate of drug-likeness (QED) is 0.485. The van der Waals surface area contributed by atoms with Gasteiger partial charge in [0.25, 0.3) is 0 Å². The van der Waals surface area contributed by atoms with Crippen molar-refractivity contribution in [1.82, 2.24) is 0 Å². The Morgan fingerprint density at radius 2 is 1.75 bits per heavy atom. The third-order valence-electron chi connectivity index (χ3n) is 3.43. The van der Waals surface area contributed by atoms with Crippen LogP contribution >= 0.6 is 0 Å². The highest BCUT2D eigenvalue weighted by molar-refractivity contribution is 5.80. The molecule has 2 aliphatic rings. The number of ketones is 1. The van der Waals surface area contributed by atoms with Gasteiger partial charge in [0.05, 0.1) is 40.2 Å². The minimum atomic E-state index is 0.407. The molecule has 0 aromatic heterocycles. The first kappa shape index (κ1) is 8.20. The van der Waals surface area contributed by atoms with Gasteiger partial charge in [-0.2, -0.15) is 0 Å². The van der Waals surface area contributed by atoms with Gasteiger partial charge in [-0.05, 0) is 0 Å². The van der Waals surface area contributed by atoms with E-state index in [-0.39, 0.29) is 0 Å². The van der Waals surface area contributed by atoms with E-state index in [1.165, 1.54) is 0 Å². The number of likely N-dealkylation sites (N-methyl/N-ethyl adjacent to an activating group) is 1. The average molecular weight is 170 g/mol. The smallest absolute Gasteiger partial charge is 0.144 e. The van der Waals surface area contributed by atoms with Gasteiger partial charge in [-0.3, -0.25) is 4.79 Å². The van der Waals surface area contributed by atoms with Crippen LogP contribution in [0.5, 0.6) is 0 Å². The Morgan fingerprint density at radius 3 is 2.25 bits per heavy atom. The van der Waals surface area contributed by atoms with E-state index >= 15 is 0 Å². The number of quaternary nitrogens is 1. The summed E-state index contributed by atoms with van der Waals surface area (Å²) in [5, 5.41) is 0. The van der Waals surface area contributed by atoms with Gasteiger partial charge in [0.2, 0.25) is 0 Å². The lowest BCUT2D eigenvalue weighted by Gasteiger charge is -2.49. The van der Waals surface area contributed by atoms with Crippen LogP contribution in [-0.2, 0) is 9.53 Å². The minimum absolute atomic E-state index is 0.407. The Bertz CT molecular complexity index is 195. The number of hydrogen-bond acceptors (Lipinski definition) is 2. The summed E-state index contributed by atoms with van der Waals surface area (Å²) in [7, 11) is 4.43. The first-order valence-corrected chi connectivity index (χ1v) is 4.53. The summed E-state index contributed by atoms with van der Waals surface area (Å²) in [6, 6.07) is 0.815. The van der Waals surface area contributed by atoms with Gasteiger partial charge in [0.15, 0.2) is 0 Å². The van der Waals surface area contributed by atoms with Crippen molar-refractivity contribution in [3.63, 3.8) is 0 Å². The topological polar surface area (TPSA) is 26.3 Å². The maximum atomic E-state index is 11.3. The fourth-order valence-electron chi connectivity index (χ4n) is 2.22. The van der Waals surface area contributed by atoms with Gasteiger partial charge in [-0.25, -0.2) is 0 Å². The summed E-state index contributed by atoms with van der Waals surface area (Å²) in [6.07, 6.45) is 1.42. The van der Waals surface area contributed by atoms with Crippen LogP contribution in [0, 0.1) is 0 Å². The summed E-state index contributed by atoms with van der Waals surface area (Å²) in [5.74, 6) is 0.422. The number of fused-ring (bicyclic) bond motifs is 2. The predicted molar refractivity (Wildman–Crippen MR) is 44.7 cm³/mol. The standard InChI is InChI=1S/C9H16NO2/c1-10(2)7-3-9(11)4-8(10)6-12-5-7/h7-8H,3-6H2,1-2H3/q+1/t7-,8-/m0/s1. The molecule has 2 heterocycles. The lowest BCUT2D eigenvalue weighted by molar-refractivity contribution is -0.948. The maximum absolute atomic E-state index is 11.3. The molecule has 2 saturated heterocycles. The van der Waals surface area contributed by atoms with Crippen LogP contribution in [0.1, 0.15) is 12.8 Å². The van der Waals surface area contributed by atoms with E-state index in [1.807, 2.05) is 0 Å². The van der Waals surface area contributed by atoms with E-state index in [1.54, 1.807) is 0 Å². The molecule has 0 radical (unpaired) electrons. The number of ether oxygens (including phenoxy) is 1. The van der Waals surface area contributed by atoms with Crippen molar-refractivity contribution in [2.75, 3.05) is 27.3 Å². The van der Waals surface area contributed by atoms with Crippen molar-refractivity contribution in [3.8, 4) is 0 Å². The van der Waals surface area contributed by atoms with Crippen molar-refractivity contribution in [3.05, 3.63) is 0 Å². The fourth-order valence-corrected chi connectivity index (χ4v) is 2.22. The number of Topliss-reactive ketones (excluding diaryl/α,β-unsaturated/α-hetero) is 1. The van der Waals surface area contributed by atoms with Crippen molar-refractivity contribution < 1.29 is 14.0 Å². The fraction of sp³-hybridized carbons (Fsp3) is 0.889. The molecule has 0 aromatic carbocycles. The van der Waals surface area contributed by atoms with Crippen LogP contribution in [0.3, 0.4) is 0 Å². The first-order valence-electron chi connectivity index (χ1n) is 4.53. The van der Waals surface area contributed by atoms with Crippen LogP contribution in [0.15, 0.2) is 0 Å². The zero-order chi connectivity index (χ0) is 8.77. The molecular weight excluding hydrogens is 154 g/mol. The van der Waals surface area contributed by atoms with E-state index in [0.717, 1.165) is 17.7 Å². The number of carbonyl (C=O) groups is 1. The van der Waals surface area contributed by atoms with Crippen molar-refractivity contribution in [2.45, 2.75) is 24.9 Å². The monoisotopic (exact) mass is 170 g/mol. The SMILES string of the molecule is C[N+]1(C)[C@@H]2COC[C@@H]1CC(=O)C2. The van der Waals surface area contributed by atoms with Gasteiger partial charge < -0.3 is 9.22 Å². The van der Waals surface area contributed by atoms with Gasteiger partial charge in [-0.1, -0.05) is 0 Å². The summed E-state index contributed by atoms with van der Waals surface area (Å²) in [4.78, 5) is 11.3. The number of nitrogens with zero attached hydrogens (tertiary/aromatic N) is 1. The second-order valence-corrected chi connectivity index (χ2v) is 4.42. The molecule has 0 aromatic rings. The van der Waals surface area contributed by atoms with Crippen molar-refractivity contribution >= 4 is 5.78 Å². The molecule has 0 spiro atoms.